The molecule has 5 unspecified atom stereocenters. The maximum atomic E-state index is 13.0. The molecule has 5 atom stereocenters. The highest BCUT2D eigenvalue weighted by Crippen LogP contribution is 2.45. The zero-order valence-electron chi connectivity index (χ0n) is 66.5. The molecule has 18 heteroatoms. The van der Waals surface area contributed by atoms with Crippen molar-refractivity contribution in [1.29, 1.82) is 0 Å². The number of hydrogen-bond acceptors (Lipinski definition) is 14. The second-order valence-corrected chi connectivity index (χ2v) is 29.7. The first-order valence-corrected chi connectivity index (χ1v) is 44.1. The van der Waals surface area contributed by atoms with Crippen molar-refractivity contribution in [3.63, 3.8) is 0 Å². The van der Waals surface area contributed by atoms with Gasteiger partial charge in [0.25, 0.3) is 0 Å². The third-order valence-corrected chi connectivity index (χ3v) is 18.5. The van der Waals surface area contributed by atoms with Gasteiger partial charge in [-0.3, -0.25) is 32.5 Å². The summed E-state index contributed by atoms with van der Waals surface area (Å²) in [5.74, 6) is -1.62. The van der Waals surface area contributed by atoms with Crippen LogP contribution in [0.2, 0.25) is 0 Å². The van der Waals surface area contributed by atoms with Gasteiger partial charge in [0.2, 0.25) is 0 Å². The quantitative estimate of drug-likeness (QED) is 0.0146. The number of phosphoric acid groups is 2. The number of unbranched alkanes of at least 4 members (excludes halogenated alkanes) is 23. The molecule has 0 aromatic heterocycles. The van der Waals surface area contributed by atoms with Crippen LogP contribution in [0.1, 0.15) is 303 Å². The number of carbonyl (C=O) groups excluding carboxylic acids is 3. The van der Waals surface area contributed by atoms with Gasteiger partial charge in [0.05, 0.1) is 26.4 Å². The molecule has 0 aliphatic carbocycles. The molecule has 0 aliphatic rings. The molecule has 0 fully saturated rings. The van der Waals surface area contributed by atoms with Gasteiger partial charge in [0.1, 0.15) is 25.4 Å². The van der Waals surface area contributed by atoms with Crippen molar-refractivity contribution < 1.29 is 75.8 Å². The number of aliphatic hydroxyl groups excluding tert-OH is 2. The van der Waals surface area contributed by atoms with Crippen LogP contribution < -0.4 is 0 Å². The fraction of sp³-hybridized carbons (Fsp3) is 0.629. The number of rotatable bonds is 76. The molecule has 4 N–H and O–H groups in total. The van der Waals surface area contributed by atoms with E-state index in [0.29, 0.717) is 19.3 Å². The first-order chi connectivity index (χ1) is 52.2. The number of phosphoric ester groups is 2. The smallest absolute Gasteiger partial charge is 0.463 e. The third-order valence-electron chi connectivity index (χ3n) is 16.6. The van der Waals surface area contributed by atoms with Crippen molar-refractivity contribution in [2.45, 2.75) is 322 Å². The van der Waals surface area contributed by atoms with Gasteiger partial charge in [0, 0.05) is 19.3 Å². The summed E-state index contributed by atoms with van der Waals surface area (Å²) in [6.45, 7) is 2.30. The molecule has 0 spiro atoms. The second-order valence-electron chi connectivity index (χ2n) is 26.8. The minimum atomic E-state index is -4.95. The molecule has 0 rings (SSSR count). The summed E-state index contributed by atoms with van der Waals surface area (Å²) in [5, 5.41) is 20.7. The Bertz CT molecular complexity index is 2670. The van der Waals surface area contributed by atoms with Crippen molar-refractivity contribution in [3.8, 4) is 0 Å². The number of esters is 3. The minimum Gasteiger partial charge on any atom is -0.463 e. The lowest BCUT2D eigenvalue weighted by molar-refractivity contribution is -0.161. The highest BCUT2D eigenvalue weighted by atomic mass is 31.2. The van der Waals surface area contributed by atoms with Crippen LogP contribution in [0.5, 0.6) is 0 Å². The van der Waals surface area contributed by atoms with E-state index in [-0.39, 0.29) is 19.3 Å². The Labute approximate surface area is 649 Å². The van der Waals surface area contributed by atoms with Crippen LogP contribution in [0, 0.1) is 0 Å². The van der Waals surface area contributed by atoms with Crippen LogP contribution in [0.3, 0.4) is 0 Å². The Hall–Kier alpha value is -5.35. The van der Waals surface area contributed by atoms with E-state index in [0.717, 1.165) is 205 Å². The molecule has 0 bridgehead atoms. The van der Waals surface area contributed by atoms with Crippen LogP contribution in [0.15, 0.2) is 182 Å². The minimum absolute atomic E-state index is 0.0728. The van der Waals surface area contributed by atoms with Crippen LogP contribution >= 0.6 is 15.6 Å². The van der Waals surface area contributed by atoms with Crippen LogP contribution in [0.25, 0.3) is 0 Å². The third kappa shape index (κ3) is 81.5. The van der Waals surface area contributed by atoms with E-state index in [1.54, 1.807) is 0 Å². The molecule has 0 aliphatic heterocycles. The van der Waals surface area contributed by atoms with E-state index in [4.69, 9.17) is 32.3 Å². The van der Waals surface area contributed by atoms with Gasteiger partial charge in [-0.2, -0.15) is 0 Å². The topological polar surface area (TPSA) is 231 Å². The Kier molecular flexibility index (Phi) is 76.2. The average molecular weight is 1530 g/mol. The molecule has 0 saturated carbocycles. The molecule has 0 heterocycles. The van der Waals surface area contributed by atoms with E-state index in [2.05, 4.69) is 203 Å². The molecule has 16 nitrogen and oxygen atoms in total. The summed E-state index contributed by atoms with van der Waals surface area (Å²) in [5.41, 5.74) is 0. The van der Waals surface area contributed by atoms with Crippen molar-refractivity contribution >= 4 is 33.6 Å². The van der Waals surface area contributed by atoms with Gasteiger partial charge < -0.3 is 34.2 Å². The monoisotopic (exact) mass is 1530 g/mol. The molecule has 0 radical (unpaired) electrons. The molecule has 608 valence electrons. The van der Waals surface area contributed by atoms with Gasteiger partial charge in [-0.25, -0.2) is 9.13 Å². The molecular weight excluding hydrogens is 1390 g/mol. The summed E-state index contributed by atoms with van der Waals surface area (Å²) in [4.78, 5) is 58.8. The fourth-order valence-corrected chi connectivity index (χ4v) is 12.1. The summed E-state index contributed by atoms with van der Waals surface area (Å²) < 4.78 is 61.3. The van der Waals surface area contributed by atoms with Crippen LogP contribution in [-0.2, 0) is 55.8 Å². The largest absolute Gasteiger partial charge is 0.472 e. The van der Waals surface area contributed by atoms with Gasteiger partial charge >= 0.3 is 33.6 Å². The first kappa shape index (κ1) is 102. The van der Waals surface area contributed by atoms with Crippen LogP contribution in [-0.4, -0.2) is 95.9 Å². The normalized spacial score (nSPS) is 14.9. The lowest BCUT2D eigenvalue weighted by Gasteiger charge is -2.21. The predicted octanol–water partition coefficient (Wildman–Crippen LogP) is 24.5. The second kappa shape index (κ2) is 80.2. The first-order valence-electron chi connectivity index (χ1n) is 41.1. The molecule has 107 heavy (non-hydrogen) atoms. The van der Waals surface area contributed by atoms with E-state index in [1.807, 2.05) is 0 Å². The molecule has 0 amide bonds. The number of hydrogen-bond donors (Lipinski definition) is 4. The lowest BCUT2D eigenvalue weighted by Crippen LogP contribution is -2.30. The zero-order chi connectivity index (χ0) is 78.0. The van der Waals surface area contributed by atoms with Crippen molar-refractivity contribution in [2.75, 3.05) is 39.6 Å². The maximum Gasteiger partial charge on any atom is 0.472 e. The van der Waals surface area contributed by atoms with E-state index in [1.165, 1.54) is 38.5 Å². The van der Waals surface area contributed by atoms with Gasteiger partial charge in [0.15, 0.2) is 6.10 Å². The SMILES string of the molecule is CC/C=C\C/C=C\C/C=C\C/C=C\C/C=C\CCCCCCCCCCCCCC(=O)OCC(O)COP(=O)(O)OCC(O)COP(=O)(O)OCC(COC(=O)CCCCCCCCC/C=C\C/C=C\C/C=C\C/C=C\C/C=C\CC)OC(=O)CCCCCCC/C=C\C/C=C\C/C=C\C/C=C\C/C=C\CC. The molecule has 0 saturated heterocycles. The summed E-state index contributed by atoms with van der Waals surface area (Å²) in [6, 6.07) is 0. The number of carbonyl (C=O) groups is 3. The van der Waals surface area contributed by atoms with Crippen molar-refractivity contribution in [1.82, 2.24) is 0 Å². The standard InChI is InChI=1S/C89H146O16P2/c1-4-7-10-13-16-19-22-25-28-31-34-37-39-40-41-42-44-47-48-51-54-57-60-63-66-69-72-75-87(92)99-78-84(90)79-101-106(95,96)102-80-85(91)81-103-107(97,98)104-83-86(105-89(94)77-74-71-68-65-62-59-56-53-50-45-36-33-30-27-24-21-18-15-12-9-6-3)82-100-88(93)76-73-70-67-64-61-58-55-52-49-46-43-38-35-32-29-26-23-20-17-14-11-8-5-2/h7-12,16-21,25-30,34-38,40-41,45-46,49,53,56,84-86,90-91H,4-6,13-15,22-24,31-33,39,42-44,47-48,50-52,54-55,57-83H2,1-3H3,(H,95,96)(H,97,98)/b10-7-,11-8-,12-9-,19-16-,20-17-,21-18-,28-25-,29-26-,30-27-,37-34-,38-35-,41-40-,45-36-,49-46-,56-53-. The van der Waals surface area contributed by atoms with Gasteiger partial charge in [-0.15, -0.1) is 0 Å². The summed E-state index contributed by atoms with van der Waals surface area (Å²) in [7, 11) is -9.82. The Morgan fingerprint density at radius 1 is 0.262 bits per heavy atom. The van der Waals surface area contributed by atoms with Crippen molar-refractivity contribution in [2.24, 2.45) is 0 Å². The fourth-order valence-electron chi connectivity index (χ4n) is 10.5. The highest BCUT2D eigenvalue weighted by Gasteiger charge is 2.29. The number of allylic oxidation sites excluding steroid dienone is 30. The van der Waals surface area contributed by atoms with E-state index in [9.17, 15) is 43.5 Å². The predicted molar refractivity (Wildman–Crippen MR) is 445 cm³/mol. The van der Waals surface area contributed by atoms with Gasteiger partial charge in [-0.1, -0.05) is 312 Å². The maximum absolute atomic E-state index is 13.0. The number of aliphatic hydroxyl groups is 2. The summed E-state index contributed by atoms with van der Waals surface area (Å²) in [6.07, 6.45) is 103. The Morgan fingerprint density at radius 3 is 0.738 bits per heavy atom. The van der Waals surface area contributed by atoms with E-state index < -0.39 is 91.5 Å². The molecule has 0 aromatic carbocycles. The zero-order valence-corrected chi connectivity index (χ0v) is 68.3. The lowest BCUT2D eigenvalue weighted by atomic mass is 10.0. The Balaban J connectivity index is 4.69. The number of ether oxygens (including phenoxy) is 3. The van der Waals surface area contributed by atoms with Crippen LogP contribution in [0.4, 0.5) is 0 Å². The molecular formula is C89H146O16P2. The van der Waals surface area contributed by atoms with Gasteiger partial charge in [-0.05, 0) is 154 Å². The Morgan fingerprint density at radius 2 is 0.467 bits per heavy atom. The van der Waals surface area contributed by atoms with Crippen molar-refractivity contribution in [3.05, 3.63) is 182 Å². The highest BCUT2D eigenvalue weighted by molar-refractivity contribution is 7.47. The summed E-state index contributed by atoms with van der Waals surface area (Å²) >= 11 is 0. The van der Waals surface area contributed by atoms with E-state index >= 15 is 0 Å². The average Bonchev–Trinajstić information content (AvgIpc) is 0.903. The molecule has 0 aromatic rings.